The molecule has 20 heavy (non-hydrogen) atoms. The Morgan fingerprint density at radius 3 is 2.50 bits per heavy atom. The van der Waals surface area contributed by atoms with Crippen LogP contribution in [-0.4, -0.2) is 23.1 Å². The third-order valence-corrected chi connectivity index (χ3v) is 3.29. The molecule has 0 spiro atoms. The number of benzene rings is 1. The molecular weight excluding hydrogens is 324 g/mol. The number of hydrogen-bond acceptors (Lipinski definition) is 2. The van der Waals surface area contributed by atoms with Gasteiger partial charge in [0.2, 0.25) is 0 Å². The summed E-state index contributed by atoms with van der Waals surface area (Å²) in [4.78, 5) is 22.4. The van der Waals surface area contributed by atoms with Gasteiger partial charge in [0.05, 0.1) is 6.42 Å². The van der Waals surface area contributed by atoms with Gasteiger partial charge in [-0.25, -0.2) is 4.79 Å². The van der Waals surface area contributed by atoms with E-state index in [-0.39, 0.29) is 18.5 Å². The molecule has 0 radical (unpaired) electrons. The lowest BCUT2D eigenvalue weighted by Crippen LogP contribution is -2.42. The summed E-state index contributed by atoms with van der Waals surface area (Å²) in [6, 6.07) is 6.95. The van der Waals surface area contributed by atoms with Crippen LogP contribution in [0.5, 0.6) is 0 Å². The number of nitrogens with one attached hydrogen (secondary N) is 2. The minimum absolute atomic E-state index is 0.0560. The van der Waals surface area contributed by atoms with Crippen LogP contribution >= 0.6 is 15.9 Å². The summed E-state index contributed by atoms with van der Waals surface area (Å²) in [5, 5.41) is 14.2. The van der Waals surface area contributed by atoms with E-state index in [1.807, 2.05) is 31.2 Å². The van der Waals surface area contributed by atoms with Gasteiger partial charge in [0.25, 0.3) is 0 Å². The lowest BCUT2D eigenvalue weighted by molar-refractivity contribution is -0.137. The number of carbonyl (C=O) groups is 2. The summed E-state index contributed by atoms with van der Waals surface area (Å²) in [5.74, 6) is -0.906. The molecule has 0 fully saturated rings. The molecular formula is C14H19BrN2O3. The van der Waals surface area contributed by atoms with E-state index in [0.29, 0.717) is 13.0 Å². The van der Waals surface area contributed by atoms with Gasteiger partial charge in [0.15, 0.2) is 0 Å². The molecule has 0 bridgehead atoms. The number of carbonyl (C=O) groups excluding carboxylic acids is 1. The molecule has 1 aromatic carbocycles. The molecule has 110 valence electrons. The fourth-order valence-corrected chi connectivity index (χ4v) is 2.07. The monoisotopic (exact) mass is 342 g/mol. The quantitative estimate of drug-likeness (QED) is 0.712. The first-order valence-corrected chi connectivity index (χ1v) is 7.31. The van der Waals surface area contributed by atoms with E-state index in [2.05, 4.69) is 26.6 Å². The van der Waals surface area contributed by atoms with Crippen molar-refractivity contribution in [3.8, 4) is 0 Å². The number of carboxylic acids is 1. The van der Waals surface area contributed by atoms with Crippen molar-refractivity contribution in [3.05, 3.63) is 34.3 Å². The van der Waals surface area contributed by atoms with Crippen molar-refractivity contribution in [3.63, 3.8) is 0 Å². The van der Waals surface area contributed by atoms with Crippen molar-refractivity contribution in [2.75, 3.05) is 0 Å². The zero-order chi connectivity index (χ0) is 15.0. The van der Waals surface area contributed by atoms with E-state index in [4.69, 9.17) is 5.11 Å². The Balaban J connectivity index is 2.41. The molecule has 1 aromatic rings. The maximum atomic E-state index is 11.7. The van der Waals surface area contributed by atoms with E-state index in [0.717, 1.165) is 16.5 Å². The predicted octanol–water partition coefficient (Wildman–Crippen LogP) is 2.89. The number of rotatable bonds is 7. The Labute approximate surface area is 126 Å². The van der Waals surface area contributed by atoms with Crippen LogP contribution in [0, 0.1) is 0 Å². The first kappa shape index (κ1) is 16.5. The molecule has 0 saturated heterocycles. The molecule has 0 aromatic heterocycles. The minimum atomic E-state index is -0.906. The van der Waals surface area contributed by atoms with E-state index in [1.165, 1.54) is 0 Å². The first-order chi connectivity index (χ1) is 9.51. The standard InChI is InChI=1S/C14H19BrN2O3/c1-2-3-12(8-13(18)19)17-14(20)16-9-10-4-6-11(15)7-5-10/h4-7,12H,2-3,8-9H2,1H3,(H,18,19)(H2,16,17,20). The largest absolute Gasteiger partial charge is 0.481 e. The molecule has 6 heteroatoms. The van der Waals surface area contributed by atoms with Gasteiger partial charge in [-0.1, -0.05) is 41.4 Å². The Kier molecular flexibility index (Phi) is 7.08. The minimum Gasteiger partial charge on any atom is -0.481 e. The van der Waals surface area contributed by atoms with Crippen molar-refractivity contribution < 1.29 is 14.7 Å². The molecule has 0 heterocycles. The Bertz CT molecular complexity index is 448. The molecule has 0 aliphatic carbocycles. The molecule has 1 atom stereocenters. The Hall–Kier alpha value is -1.56. The van der Waals surface area contributed by atoms with Crippen LogP contribution < -0.4 is 10.6 Å². The fraction of sp³-hybridized carbons (Fsp3) is 0.429. The maximum absolute atomic E-state index is 11.7. The van der Waals surface area contributed by atoms with E-state index in [1.54, 1.807) is 0 Å². The third kappa shape index (κ3) is 6.56. The van der Waals surface area contributed by atoms with E-state index < -0.39 is 5.97 Å². The molecule has 0 saturated carbocycles. The highest BCUT2D eigenvalue weighted by molar-refractivity contribution is 9.10. The Morgan fingerprint density at radius 1 is 1.30 bits per heavy atom. The van der Waals surface area contributed by atoms with E-state index >= 15 is 0 Å². The summed E-state index contributed by atoms with van der Waals surface area (Å²) < 4.78 is 0.982. The number of amides is 2. The van der Waals surface area contributed by atoms with Gasteiger partial charge in [0.1, 0.15) is 0 Å². The Morgan fingerprint density at radius 2 is 1.95 bits per heavy atom. The van der Waals surface area contributed by atoms with Crippen LogP contribution in [-0.2, 0) is 11.3 Å². The topological polar surface area (TPSA) is 78.4 Å². The van der Waals surface area contributed by atoms with Crippen LogP contribution in [0.1, 0.15) is 31.7 Å². The summed E-state index contributed by atoms with van der Waals surface area (Å²) in [6.45, 7) is 2.36. The van der Waals surface area contributed by atoms with Crippen LogP contribution in [0.15, 0.2) is 28.7 Å². The van der Waals surface area contributed by atoms with Crippen molar-refractivity contribution in [2.45, 2.75) is 38.8 Å². The normalized spacial score (nSPS) is 11.7. The highest BCUT2D eigenvalue weighted by Crippen LogP contribution is 2.10. The van der Waals surface area contributed by atoms with Gasteiger partial charge in [-0.15, -0.1) is 0 Å². The van der Waals surface area contributed by atoms with Gasteiger partial charge in [-0.05, 0) is 24.1 Å². The summed E-state index contributed by atoms with van der Waals surface area (Å²) in [7, 11) is 0. The molecule has 1 rings (SSSR count). The van der Waals surface area contributed by atoms with Crippen LogP contribution in [0.2, 0.25) is 0 Å². The van der Waals surface area contributed by atoms with Crippen molar-refractivity contribution >= 4 is 27.9 Å². The van der Waals surface area contributed by atoms with Gasteiger partial charge >= 0.3 is 12.0 Å². The maximum Gasteiger partial charge on any atom is 0.315 e. The van der Waals surface area contributed by atoms with Crippen LogP contribution in [0.3, 0.4) is 0 Å². The van der Waals surface area contributed by atoms with Gasteiger partial charge in [-0.2, -0.15) is 0 Å². The van der Waals surface area contributed by atoms with Gasteiger partial charge in [0, 0.05) is 17.1 Å². The third-order valence-electron chi connectivity index (χ3n) is 2.76. The van der Waals surface area contributed by atoms with E-state index in [9.17, 15) is 9.59 Å². The highest BCUT2D eigenvalue weighted by atomic mass is 79.9. The lowest BCUT2D eigenvalue weighted by atomic mass is 10.1. The van der Waals surface area contributed by atoms with Crippen LogP contribution in [0.25, 0.3) is 0 Å². The van der Waals surface area contributed by atoms with Crippen molar-refractivity contribution in [1.29, 1.82) is 0 Å². The molecule has 1 unspecified atom stereocenters. The van der Waals surface area contributed by atoms with Gasteiger partial charge in [-0.3, -0.25) is 4.79 Å². The van der Waals surface area contributed by atoms with Crippen LogP contribution in [0.4, 0.5) is 4.79 Å². The number of halogens is 1. The zero-order valence-corrected chi connectivity index (χ0v) is 12.9. The predicted molar refractivity (Wildman–Crippen MR) is 80.5 cm³/mol. The van der Waals surface area contributed by atoms with Crippen molar-refractivity contribution in [1.82, 2.24) is 10.6 Å². The first-order valence-electron chi connectivity index (χ1n) is 6.52. The molecule has 5 nitrogen and oxygen atoms in total. The molecule has 0 aliphatic heterocycles. The number of hydrogen-bond donors (Lipinski definition) is 3. The second-order valence-corrected chi connectivity index (χ2v) is 5.45. The lowest BCUT2D eigenvalue weighted by Gasteiger charge is -2.16. The smallest absolute Gasteiger partial charge is 0.315 e. The molecule has 0 aliphatic rings. The number of urea groups is 1. The summed E-state index contributed by atoms with van der Waals surface area (Å²) >= 11 is 3.34. The van der Waals surface area contributed by atoms with Gasteiger partial charge < -0.3 is 15.7 Å². The average Bonchev–Trinajstić information content (AvgIpc) is 2.37. The fourth-order valence-electron chi connectivity index (χ4n) is 1.81. The summed E-state index contributed by atoms with van der Waals surface area (Å²) in [5.41, 5.74) is 0.980. The average molecular weight is 343 g/mol. The van der Waals surface area contributed by atoms with Crippen molar-refractivity contribution in [2.24, 2.45) is 0 Å². The zero-order valence-electron chi connectivity index (χ0n) is 11.4. The number of carboxylic acid groups (broad SMARTS) is 1. The molecule has 3 N–H and O–H groups in total. The SMILES string of the molecule is CCCC(CC(=O)O)NC(=O)NCc1ccc(Br)cc1. The second kappa shape index (κ2) is 8.58. The highest BCUT2D eigenvalue weighted by Gasteiger charge is 2.14. The second-order valence-electron chi connectivity index (χ2n) is 4.54. The summed E-state index contributed by atoms with van der Waals surface area (Å²) in [6.07, 6.45) is 1.42. The number of aliphatic carboxylic acids is 1. The molecule has 2 amide bonds.